The highest BCUT2D eigenvalue weighted by molar-refractivity contribution is 5.93. The number of carbonyl (C=O) groups is 3. The zero-order chi connectivity index (χ0) is 17.2. The van der Waals surface area contributed by atoms with Crippen LogP contribution in [0.5, 0.6) is 0 Å². The molecule has 3 N–H and O–H groups in total. The molecule has 0 bridgehead atoms. The maximum Gasteiger partial charge on any atom is 0.323 e. The van der Waals surface area contributed by atoms with Gasteiger partial charge in [-0.2, -0.15) is 0 Å². The van der Waals surface area contributed by atoms with Crippen LogP contribution in [0.3, 0.4) is 0 Å². The Morgan fingerprint density at radius 2 is 1.88 bits per heavy atom. The summed E-state index contributed by atoms with van der Waals surface area (Å²) in [6.45, 7) is 0.857. The minimum Gasteiger partial charge on any atom is -0.480 e. The highest BCUT2D eigenvalue weighted by Crippen LogP contribution is 2.36. The Labute approximate surface area is 139 Å². The number of rotatable bonds is 3. The molecule has 2 fully saturated rings. The molecule has 0 atom stereocenters. The first-order valence-electron chi connectivity index (χ1n) is 7.88. The molecule has 3 amide bonds. The molecule has 128 valence electrons. The molecule has 1 spiro atoms. The van der Waals surface area contributed by atoms with Gasteiger partial charge in [0, 0.05) is 18.8 Å². The van der Waals surface area contributed by atoms with E-state index in [9.17, 15) is 14.4 Å². The van der Waals surface area contributed by atoms with Crippen LogP contribution in [0, 0.1) is 0 Å². The Morgan fingerprint density at radius 1 is 1.21 bits per heavy atom. The lowest BCUT2D eigenvalue weighted by atomic mass is 9.85. The quantitative estimate of drug-likeness (QED) is 0.734. The average molecular weight is 332 g/mol. The van der Waals surface area contributed by atoms with E-state index in [4.69, 9.17) is 5.11 Å². The summed E-state index contributed by atoms with van der Waals surface area (Å²) in [6, 6.07) is 9.32. The number of urea groups is 1. The Kier molecular flexibility index (Phi) is 4.28. The maximum atomic E-state index is 12.5. The summed E-state index contributed by atoms with van der Waals surface area (Å²) < 4.78 is 0. The van der Waals surface area contributed by atoms with Gasteiger partial charge in [0.2, 0.25) is 5.91 Å². The van der Waals surface area contributed by atoms with Crippen LogP contribution in [0.15, 0.2) is 30.3 Å². The number of benzene rings is 1. The van der Waals surface area contributed by atoms with Crippen molar-refractivity contribution in [2.75, 3.05) is 31.2 Å². The standard InChI is InChI=1S/C16H20N4O4/c21-13(22)10-17-15(24)19-8-6-16(7-9-19)14(23)18-11-20(16)12-4-2-1-3-5-12/h1-5H,6-11H2,(H,17,24)(H,18,23)(H,21,22). The molecule has 2 aliphatic rings. The molecule has 2 aliphatic heterocycles. The molecular formula is C16H20N4O4. The highest BCUT2D eigenvalue weighted by Gasteiger charge is 2.50. The Hall–Kier alpha value is -2.77. The van der Waals surface area contributed by atoms with Crippen molar-refractivity contribution in [1.82, 2.24) is 15.5 Å². The van der Waals surface area contributed by atoms with Crippen LogP contribution < -0.4 is 15.5 Å². The smallest absolute Gasteiger partial charge is 0.323 e. The van der Waals surface area contributed by atoms with E-state index in [1.54, 1.807) is 4.90 Å². The van der Waals surface area contributed by atoms with Crippen LogP contribution in [-0.2, 0) is 9.59 Å². The van der Waals surface area contributed by atoms with E-state index in [2.05, 4.69) is 15.5 Å². The molecule has 0 radical (unpaired) electrons. The van der Waals surface area contributed by atoms with Crippen molar-refractivity contribution in [3.05, 3.63) is 30.3 Å². The topological polar surface area (TPSA) is 102 Å². The summed E-state index contributed by atoms with van der Waals surface area (Å²) in [5.74, 6) is -1.10. The van der Waals surface area contributed by atoms with E-state index in [1.165, 1.54) is 0 Å². The summed E-state index contributed by atoms with van der Waals surface area (Å²) >= 11 is 0. The Morgan fingerprint density at radius 3 is 2.50 bits per heavy atom. The monoisotopic (exact) mass is 332 g/mol. The van der Waals surface area contributed by atoms with Crippen molar-refractivity contribution in [1.29, 1.82) is 0 Å². The lowest BCUT2D eigenvalue weighted by Gasteiger charge is -2.43. The van der Waals surface area contributed by atoms with Gasteiger partial charge in [0.15, 0.2) is 0 Å². The number of para-hydroxylation sites is 1. The number of amides is 3. The Bertz CT molecular complexity index is 641. The summed E-state index contributed by atoms with van der Waals surface area (Å²) in [5.41, 5.74) is 0.324. The number of anilines is 1. The van der Waals surface area contributed by atoms with Crippen LogP contribution in [0.25, 0.3) is 0 Å². The van der Waals surface area contributed by atoms with Crippen molar-refractivity contribution < 1.29 is 19.5 Å². The van der Waals surface area contributed by atoms with E-state index in [0.717, 1.165) is 5.69 Å². The lowest BCUT2D eigenvalue weighted by Crippen LogP contribution is -2.58. The van der Waals surface area contributed by atoms with Crippen LogP contribution >= 0.6 is 0 Å². The molecule has 8 nitrogen and oxygen atoms in total. The van der Waals surface area contributed by atoms with E-state index in [1.807, 2.05) is 30.3 Å². The predicted octanol–water partition coefficient (Wildman–Crippen LogP) is 0.209. The summed E-state index contributed by atoms with van der Waals surface area (Å²) in [5, 5.41) is 13.9. The summed E-state index contributed by atoms with van der Waals surface area (Å²) in [4.78, 5) is 38.6. The van der Waals surface area contributed by atoms with Gasteiger partial charge >= 0.3 is 12.0 Å². The van der Waals surface area contributed by atoms with Crippen molar-refractivity contribution >= 4 is 23.6 Å². The second kappa shape index (κ2) is 6.38. The first-order valence-corrected chi connectivity index (χ1v) is 7.88. The molecular weight excluding hydrogens is 312 g/mol. The Balaban J connectivity index is 1.69. The van der Waals surface area contributed by atoms with E-state index in [-0.39, 0.29) is 5.91 Å². The van der Waals surface area contributed by atoms with Gasteiger partial charge in [-0.25, -0.2) is 4.79 Å². The first-order chi connectivity index (χ1) is 11.5. The molecule has 0 aliphatic carbocycles. The third-order valence-corrected chi connectivity index (χ3v) is 4.67. The molecule has 0 saturated carbocycles. The third kappa shape index (κ3) is 2.86. The SMILES string of the molecule is O=C(O)CNC(=O)N1CCC2(CC1)C(=O)NCN2c1ccccc1. The minimum absolute atomic E-state index is 0.0167. The number of carboxylic acids is 1. The van der Waals surface area contributed by atoms with Gasteiger partial charge in [0.1, 0.15) is 12.1 Å². The second-order valence-corrected chi connectivity index (χ2v) is 6.00. The van der Waals surface area contributed by atoms with Gasteiger partial charge in [-0.05, 0) is 25.0 Å². The largest absolute Gasteiger partial charge is 0.480 e. The number of hydrogen-bond donors (Lipinski definition) is 3. The van der Waals surface area contributed by atoms with Crippen molar-refractivity contribution in [2.24, 2.45) is 0 Å². The van der Waals surface area contributed by atoms with E-state index >= 15 is 0 Å². The van der Waals surface area contributed by atoms with Gasteiger partial charge in [0.05, 0.1) is 6.67 Å². The number of carbonyl (C=O) groups excluding carboxylic acids is 2. The van der Waals surface area contributed by atoms with Crippen LogP contribution in [0.1, 0.15) is 12.8 Å². The average Bonchev–Trinajstić information content (AvgIpc) is 2.90. The van der Waals surface area contributed by atoms with Gasteiger partial charge in [-0.1, -0.05) is 18.2 Å². The van der Waals surface area contributed by atoms with Crippen LogP contribution in [-0.4, -0.2) is 59.8 Å². The van der Waals surface area contributed by atoms with Crippen LogP contribution in [0.2, 0.25) is 0 Å². The summed E-state index contributed by atoms with van der Waals surface area (Å²) in [6.07, 6.45) is 1.02. The zero-order valence-corrected chi connectivity index (χ0v) is 13.2. The normalized spacial score (nSPS) is 19.2. The number of likely N-dealkylation sites (tertiary alicyclic amines) is 1. The zero-order valence-electron chi connectivity index (χ0n) is 13.2. The van der Waals surface area contributed by atoms with Crippen molar-refractivity contribution in [3.63, 3.8) is 0 Å². The van der Waals surface area contributed by atoms with Crippen molar-refractivity contribution in [2.45, 2.75) is 18.4 Å². The number of carboxylic acid groups (broad SMARTS) is 1. The third-order valence-electron chi connectivity index (χ3n) is 4.67. The fourth-order valence-electron chi connectivity index (χ4n) is 3.38. The fraction of sp³-hybridized carbons (Fsp3) is 0.438. The van der Waals surface area contributed by atoms with E-state index in [0.29, 0.717) is 32.6 Å². The number of piperidine rings is 1. The maximum absolute atomic E-state index is 12.5. The molecule has 8 heteroatoms. The van der Waals surface area contributed by atoms with Gasteiger partial charge in [0.25, 0.3) is 0 Å². The second-order valence-electron chi connectivity index (χ2n) is 6.00. The molecule has 3 rings (SSSR count). The fourth-order valence-corrected chi connectivity index (χ4v) is 3.38. The number of nitrogens with zero attached hydrogens (tertiary/aromatic N) is 2. The van der Waals surface area contributed by atoms with Crippen LogP contribution in [0.4, 0.5) is 10.5 Å². The summed E-state index contributed by atoms with van der Waals surface area (Å²) in [7, 11) is 0. The molecule has 2 heterocycles. The van der Waals surface area contributed by atoms with Crippen molar-refractivity contribution in [3.8, 4) is 0 Å². The minimum atomic E-state index is -1.08. The van der Waals surface area contributed by atoms with Gasteiger partial charge in [-0.3, -0.25) is 9.59 Å². The number of hydrogen-bond acceptors (Lipinski definition) is 4. The van der Waals surface area contributed by atoms with Gasteiger partial charge in [-0.15, -0.1) is 0 Å². The number of aliphatic carboxylic acids is 1. The highest BCUT2D eigenvalue weighted by atomic mass is 16.4. The molecule has 0 unspecified atom stereocenters. The molecule has 2 saturated heterocycles. The van der Waals surface area contributed by atoms with Gasteiger partial charge < -0.3 is 25.5 Å². The molecule has 0 aromatic heterocycles. The molecule has 1 aromatic rings. The van der Waals surface area contributed by atoms with E-state index < -0.39 is 24.1 Å². The lowest BCUT2D eigenvalue weighted by molar-refractivity contribution is -0.135. The number of nitrogens with one attached hydrogen (secondary N) is 2. The molecule has 1 aromatic carbocycles. The predicted molar refractivity (Wildman–Crippen MR) is 86.5 cm³/mol. The first kappa shape index (κ1) is 16.1. The molecule has 24 heavy (non-hydrogen) atoms.